The van der Waals surface area contributed by atoms with Gasteiger partial charge in [-0.1, -0.05) is 15.9 Å². The summed E-state index contributed by atoms with van der Waals surface area (Å²) < 4.78 is 33.4. The van der Waals surface area contributed by atoms with E-state index in [0.29, 0.717) is 8.95 Å². The zero-order valence-electron chi connectivity index (χ0n) is 8.38. The maximum absolute atomic E-state index is 13.7. The van der Waals surface area contributed by atoms with Crippen LogP contribution in [0.15, 0.2) is 37.8 Å². The van der Waals surface area contributed by atoms with Crippen LogP contribution in [0.1, 0.15) is 17.4 Å². The second kappa shape index (κ2) is 4.88. The van der Waals surface area contributed by atoms with Crippen LogP contribution in [-0.2, 0) is 0 Å². The van der Waals surface area contributed by atoms with E-state index in [1.807, 2.05) is 0 Å². The molecule has 0 saturated carbocycles. The molecule has 2 rings (SSSR count). The summed E-state index contributed by atoms with van der Waals surface area (Å²) in [7, 11) is 0. The third kappa shape index (κ3) is 2.43. The smallest absolute Gasteiger partial charge is 0.139 e. The maximum Gasteiger partial charge on any atom is 0.139 e. The van der Waals surface area contributed by atoms with Crippen molar-refractivity contribution in [3.8, 4) is 0 Å². The molecule has 17 heavy (non-hydrogen) atoms. The Morgan fingerprint density at radius 3 is 2.24 bits per heavy atom. The van der Waals surface area contributed by atoms with Gasteiger partial charge in [0.2, 0.25) is 0 Å². The predicted octanol–water partition coefficient (Wildman–Crippen LogP) is 4.13. The van der Waals surface area contributed by atoms with Gasteiger partial charge in [-0.2, -0.15) is 0 Å². The molecule has 0 amide bonds. The zero-order valence-corrected chi connectivity index (χ0v) is 11.6. The molecule has 1 aromatic carbocycles. The van der Waals surface area contributed by atoms with Gasteiger partial charge in [0.25, 0.3) is 0 Å². The fourth-order valence-corrected chi connectivity index (χ4v) is 2.36. The van der Waals surface area contributed by atoms with E-state index in [9.17, 15) is 8.78 Å². The third-order valence-corrected chi connectivity index (χ3v) is 3.40. The molecule has 0 radical (unpaired) electrons. The molecule has 1 atom stereocenters. The van der Waals surface area contributed by atoms with Crippen molar-refractivity contribution in [2.75, 3.05) is 0 Å². The van der Waals surface area contributed by atoms with Crippen molar-refractivity contribution in [3.63, 3.8) is 0 Å². The fourth-order valence-electron chi connectivity index (χ4n) is 1.51. The normalized spacial score (nSPS) is 12.8. The lowest BCUT2D eigenvalue weighted by molar-refractivity contribution is 0.463. The van der Waals surface area contributed by atoms with Gasteiger partial charge >= 0.3 is 0 Å². The average molecular weight is 367 g/mol. The van der Waals surface area contributed by atoms with Crippen molar-refractivity contribution in [1.82, 2.24) is 0 Å². The largest absolute Gasteiger partial charge is 0.466 e. The highest BCUT2D eigenvalue weighted by atomic mass is 79.9. The number of nitrogens with two attached hydrogens (primary N) is 1. The van der Waals surface area contributed by atoms with Gasteiger partial charge in [0.05, 0.1) is 16.8 Å². The van der Waals surface area contributed by atoms with Crippen LogP contribution in [0.4, 0.5) is 8.78 Å². The van der Waals surface area contributed by atoms with Crippen molar-refractivity contribution < 1.29 is 13.2 Å². The molecule has 1 aromatic heterocycles. The third-order valence-electron chi connectivity index (χ3n) is 2.28. The van der Waals surface area contributed by atoms with E-state index in [4.69, 9.17) is 10.2 Å². The number of benzene rings is 1. The SMILES string of the molecule is NC(c1occc1Br)c1c(F)cc(Br)cc1F. The maximum atomic E-state index is 13.7. The number of halogens is 4. The van der Waals surface area contributed by atoms with Crippen LogP contribution < -0.4 is 5.73 Å². The van der Waals surface area contributed by atoms with Gasteiger partial charge < -0.3 is 10.2 Å². The Hall–Kier alpha value is -0.720. The molecular weight excluding hydrogens is 360 g/mol. The number of furan rings is 1. The summed E-state index contributed by atoms with van der Waals surface area (Å²) in [5.41, 5.74) is 5.58. The first-order chi connectivity index (χ1) is 8.00. The van der Waals surface area contributed by atoms with Gasteiger partial charge in [-0.15, -0.1) is 0 Å². The first kappa shape index (κ1) is 12.7. The lowest BCUT2D eigenvalue weighted by Gasteiger charge is -2.12. The van der Waals surface area contributed by atoms with Crippen LogP contribution in [0.5, 0.6) is 0 Å². The summed E-state index contributed by atoms with van der Waals surface area (Å²) in [4.78, 5) is 0. The fraction of sp³-hybridized carbons (Fsp3) is 0.0909. The van der Waals surface area contributed by atoms with Crippen molar-refractivity contribution in [2.45, 2.75) is 6.04 Å². The van der Waals surface area contributed by atoms with Crippen molar-refractivity contribution in [3.05, 3.63) is 56.4 Å². The van der Waals surface area contributed by atoms with Crippen molar-refractivity contribution in [1.29, 1.82) is 0 Å². The molecule has 0 bridgehead atoms. The summed E-state index contributed by atoms with van der Waals surface area (Å²) in [6.45, 7) is 0. The first-order valence-electron chi connectivity index (χ1n) is 4.63. The standard InChI is InChI=1S/C11H7Br2F2NO/c12-5-3-7(14)9(8(15)4-5)10(16)11-6(13)1-2-17-11/h1-4,10H,16H2. The van der Waals surface area contributed by atoms with Crippen LogP contribution >= 0.6 is 31.9 Å². The Labute approximate surface area is 113 Å². The van der Waals surface area contributed by atoms with E-state index in [-0.39, 0.29) is 11.3 Å². The van der Waals surface area contributed by atoms with E-state index >= 15 is 0 Å². The molecule has 0 saturated heterocycles. The highest BCUT2D eigenvalue weighted by molar-refractivity contribution is 9.10. The van der Waals surface area contributed by atoms with E-state index in [0.717, 1.165) is 12.1 Å². The molecule has 2 aromatic rings. The molecule has 0 spiro atoms. The summed E-state index contributed by atoms with van der Waals surface area (Å²) in [6.07, 6.45) is 1.40. The van der Waals surface area contributed by atoms with E-state index < -0.39 is 17.7 Å². The summed E-state index contributed by atoms with van der Waals surface area (Å²) in [5.74, 6) is -1.15. The number of rotatable bonds is 2. The summed E-state index contributed by atoms with van der Waals surface area (Å²) in [6, 6.07) is 2.95. The Kier molecular flexibility index (Phi) is 3.65. The second-order valence-corrected chi connectivity index (χ2v) is 5.16. The Morgan fingerprint density at radius 2 is 1.76 bits per heavy atom. The summed E-state index contributed by atoms with van der Waals surface area (Å²) in [5, 5.41) is 0. The van der Waals surface area contributed by atoms with Crippen LogP contribution in [0, 0.1) is 11.6 Å². The minimum absolute atomic E-state index is 0.219. The zero-order chi connectivity index (χ0) is 12.6. The van der Waals surface area contributed by atoms with Crippen LogP contribution in [0.25, 0.3) is 0 Å². The Balaban J connectivity index is 2.51. The molecule has 1 unspecified atom stereocenters. The van der Waals surface area contributed by atoms with E-state index in [1.54, 1.807) is 6.07 Å². The number of hydrogen-bond donors (Lipinski definition) is 1. The lowest BCUT2D eigenvalue weighted by Crippen LogP contribution is -2.15. The lowest BCUT2D eigenvalue weighted by atomic mass is 10.0. The molecular formula is C11H7Br2F2NO. The van der Waals surface area contributed by atoms with Gasteiger partial charge in [-0.25, -0.2) is 8.78 Å². The Morgan fingerprint density at radius 1 is 1.18 bits per heavy atom. The molecule has 0 aliphatic carbocycles. The highest BCUT2D eigenvalue weighted by Crippen LogP contribution is 2.31. The molecule has 6 heteroatoms. The summed E-state index contributed by atoms with van der Waals surface area (Å²) >= 11 is 6.21. The van der Waals surface area contributed by atoms with Gasteiger partial charge in [0, 0.05) is 10.0 Å². The molecule has 2 N–H and O–H groups in total. The molecule has 0 aliphatic heterocycles. The van der Waals surface area contributed by atoms with Crippen LogP contribution in [0.3, 0.4) is 0 Å². The predicted molar refractivity (Wildman–Crippen MR) is 66.5 cm³/mol. The second-order valence-electron chi connectivity index (χ2n) is 3.39. The van der Waals surface area contributed by atoms with Gasteiger partial charge in [-0.05, 0) is 34.1 Å². The monoisotopic (exact) mass is 365 g/mol. The minimum Gasteiger partial charge on any atom is -0.466 e. The van der Waals surface area contributed by atoms with Gasteiger partial charge in [0.1, 0.15) is 17.4 Å². The van der Waals surface area contributed by atoms with Gasteiger partial charge in [-0.3, -0.25) is 0 Å². The quantitative estimate of drug-likeness (QED) is 0.867. The molecule has 0 aliphatic rings. The molecule has 90 valence electrons. The Bertz CT molecular complexity index is 533. The minimum atomic E-state index is -0.993. The molecule has 1 heterocycles. The molecule has 2 nitrogen and oxygen atoms in total. The van der Waals surface area contributed by atoms with Crippen LogP contribution in [0.2, 0.25) is 0 Å². The number of hydrogen-bond acceptors (Lipinski definition) is 2. The van der Waals surface area contributed by atoms with Gasteiger partial charge in [0.15, 0.2) is 0 Å². The average Bonchev–Trinajstić information content (AvgIpc) is 2.62. The van der Waals surface area contributed by atoms with Crippen LogP contribution in [-0.4, -0.2) is 0 Å². The highest BCUT2D eigenvalue weighted by Gasteiger charge is 2.23. The first-order valence-corrected chi connectivity index (χ1v) is 6.22. The topological polar surface area (TPSA) is 39.2 Å². The van der Waals surface area contributed by atoms with E-state index in [1.165, 1.54) is 6.26 Å². The van der Waals surface area contributed by atoms with Crippen molar-refractivity contribution in [2.24, 2.45) is 5.73 Å². The molecule has 0 fully saturated rings. The van der Waals surface area contributed by atoms with Crippen molar-refractivity contribution >= 4 is 31.9 Å². The van der Waals surface area contributed by atoms with E-state index in [2.05, 4.69) is 31.9 Å².